The number of likely N-dealkylation sites (tertiary alicyclic amines) is 2. The first-order chi connectivity index (χ1) is 13.6. The summed E-state index contributed by atoms with van der Waals surface area (Å²) in [5, 5.41) is 0. The lowest BCUT2D eigenvalue weighted by Gasteiger charge is -2.46. The molecule has 2 aliphatic rings. The van der Waals surface area contributed by atoms with Gasteiger partial charge < -0.3 is 4.90 Å². The van der Waals surface area contributed by atoms with Crippen molar-refractivity contribution in [3.63, 3.8) is 0 Å². The van der Waals surface area contributed by atoms with Crippen molar-refractivity contribution >= 4 is 5.91 Å². The number of hydrogen-bond donors (Lipinski definition) is 0. The molecule has 0 saturated carbocycles. The molecule has 0 bridgehead atoms. The molecule has 0 unspecified atom stereocenters. The van der Waals surface area contributed by atoms with Crippen LogP contribution in [0.25, 0.3) is 11.1 Å². The quantitative estimate of drug-likeness (QED) is 0.752. The molecule has 2 aromatic carbocycles. The van der Waals surface area contributed by atoms with E-state index in [2.05, 4.69) is 64.4 Å². The van der Waals surface area contributed by atoms with Gasteiger partial charge in [-0.3, -0.25) is 9.69 Å². The molecule has 2 fully saturated rings. The highest BCUT2D eigenvalue weighted by molar-refractivity contribution is 5.78. The summed E-state index contributed by atoms with van der Waals surface area (Å²) in [5.41, 5.74) is 4.09. The third kappa shape index (κ3) is 3.86. The van der Waals surface area contributed by atoms with Crippen LogP contribution in [0.3, 0.4) is 0 Å². The number of nitrogens with zero attached hydrogens (tertiary/aromatic N) is 2. The summed E-state index contributed by atoms with van der Waals surface area (Å²) in [6, 6.07) is 19.6. The van der Waals surface area contributed by atoms with Crippen molar-refractivity contribution in [3.8, 4) is 11.1 Å². The molecule has 28 heavy (non-hydrogen) atoms. The first-order valence-electron chi connectivity index (χ1n) is 10.8. The fourth-order valence-electron chi connectivity index (χ4n) is 5.02. The first-order valence-corrected chi connectivity index (χ1v) is 10.8. The maximum Gasteiger partial charge on any atom is 0.225 e. The Balaban J connectivity index is 1.47. The minimum Gasteiger partial charge on any atom is -0.341 e. The number of carbonyl (C=O) groups is 1. The van der Waals surface area contributed by atoms with E-state index in [4.69, 9.17) is 0 Å². The minimum absolute atomic E-state index is 0.0931. The van der Waals surface area contributed by atoms with Crippen molar-refractivity contribution in [2.45, 2.75) is 51.6 Å². The molecule has 0 radical (unpaired) electrons. The Hall–Kier alpha value is -2.13. The molecule has 3 heteroatoms. The van der Waals surface area contributed by atoms with Crippen LogP contribution in [0.15, 0.2) is 54.6 Å². The molecule has 2 aliphatic heterocycles. The smallest absolute Gasteiger partial charge is 0.225 e. The van der Waals surface area contributed by atoms with Gasteiger partial charge in [0.2, 0.25) is 5.91 Å². The van der Waals surface area contributed by atoms with Gasteiger partial charge in [0.05, 0.1) is 0 Å². The molecule has 2 aromatic rings. The number of benzene rings is 2. The average Bonchev–Trinajstić information content (AvgIpc) is 3.09. The molecule has 0 aromatic heterocycles. The van der Waals surface area contributed by atoms with E-state index in [9.17, 15) is 4.79 Å². The van der Waals surface area contributed by atoms with Crippen molar-refractivity contribution < 1.29 is 4.79 Å². The summed E-state index contributed by atoms with van der Waals surface area (Å²) in [6.07, 6.45) is 4.81. The van der Waals surface area contributed by atoms with Gasteiger partial charge >= 0.3 is 0 Å². The molecule has 0 N–H and O–H groups in total. The van der Waals surface area contributed by atoms with Gasteiger partial charge in [0.15, 0.2) is 0 Å². The monoisotopic (exact) mass is 376 g/mol. The predicted octanol–water partition coefficient (Wildman–Crippen LogP) is 4.97. The van der Waals surface area contributed by atoms with Crippen LogP contribution < -0.4 is 0 Å². The molecule has 2 saturated heterocycles. The van der Waals surface area contributed by atoms with E-state index >= 15 is 0 Å². The van der Waals surface area contributed by atoms with E-state index in [1.807, 2.05) is 13.8 Å². The third-order valence-corrected chi connectivity index (χ3v) is 6.54. The van der Waals surface area contributed by atoms with Crippen LogP contribution in [0.5, 0.6) is 0 Å². The van der Waals surface area contributed by atoms with E-state index in [1.165, 1.54) is 36.0 Å². The number of hydrogen-bond acceptors (Lipinski definition) is 2. The highest BCUT2D eigenvalue weighted by Crippen LogP contribution is 2.38. The van der Waals surface area contributed by atoms with Gasteiger partial charge in [-0.05, 0) is 48.9 Å². The van der Waals surface area contributed by atoms with Crippen molar-refractivity contribution in [1.82, 2.24) is 9.80 Å². The zero-order valence-electron chi connectivity index (χ0n) is 17.2. The molecular formula is C25H32N2O. The largest absolute Gasteiger partial charge is 0.341 e. The van der Waals surface area contributed by atoms with Gasteiger partial charge in [0.1, 0.15) is 0 Å². The van der Waals surface area contributed by atoms with E-state index < -0.39 is 0 Å². The van der Waals surface area contributed by atoms with Gasteiger partial charge in [0.25, 0.3) is 0 Å². The maximum absolute atomic E-state index is 12.6. The van der Waals surface area contributed by atoms with Crippen LogP contribution in [-0.4, -0.2) is 40.9 Å². The zero-order valence-corrected chi connectivity index (χ0v) is 17.2. The van der Waals surface area contributed by atoms with E-state index in [-0.39, 0.29) is 11.5 Å². The Morgan fingerprint density at radius 3 is 2.25 bits per heavy atom. The second-order valence-electron chi connectivity index (χ2n) is 8.83. The van der Waals surface area contributed by atoms with Crippen LogP contribution in [0.1, 0.15) is 45.1 Å². The van der Waals surface area contributed by atoms with E-state index in [0.29, 0.717) is 5.91 Å². The van der Waals surface area contributed by atoms with Crippen molar-refractivity contribution in [3.05, 3.63) is 60.2 Å². The summed E-state index contributed by atoms with van der Waals surface area (Å²) in [5.74, 6) is 0.411. The normalized spacial score (nSPS) is 22.9. The first kappa shape index (κ1) is 19.2. The van der Waals surface area contributed by atoms with Crippen molar-refractivity contribution in [2.24, 2.45) is 5.92 Å². The third-order valence-electron chi connectivity index (χ3n) is 6.54. The lowest BCUT2D eigenvalue weighted by molar-refractivity contribution is -0.138. The predicted molar refractivity (Wildman–Crippen MR) is 115 cm³/mol. The van der Waals surface area contributed by atoms with Crippen molar-refractivity contribution in [1.29, 1.82) is 0 Å². The number of amides is 1. The molecule has 1 spiro atoms. The van der Waals surface area contributed by atoms with Gasteiger partial charge in [-0.25, -0.2) is 0 Å². The Kier molecular flexibility index (Phi) is 5.54. The summed E-state index contributed by atoms with van der Waals surface area (Å²) in [6.45, 7) is 8.00. The summed E-state index contributed by atoms with van der Waals surface area (Å²) in [7, 11) is 0. The van der Waals surface area contributed by atoms with Crippen LogP contribution >= 0.6 is 0 Å². The maximum atomic E-state index is 12.6. The summed E-state index contributed by atoms with van der Waals surface area (Å²) >= 11 is 0. The highest BCUT2D eigenvalue weighted by Gasteiger charge is 2.44. The van der Waals surface area contributed by atoms with E-state index in [0.717, 1.165) is 32.6 Å². The fourth-order valence-corrected chi connectivity index (χ4v) is 5.02. The lowest BCUT2D eigenvalue weighted by Crippen LogP contribution is -2.57. The molecular weight excluding hydrogens is 344 g/mol. The van der Waals surface area contributed by atoms with Crippen LogP contribution in [0, 0.1) is 5.92 Å². The van der Waals surface area contributed by atoms with Gasteiger partial charge in [-0.2, -0.15) is 0 Å². The Bertz CT molecular complexity index is 799. The van der Waals surface area contributed by atoms with Gasteiger partial charge in [-0.15, -0.1) is 0 Å². The van der Waals surface area contributed by atoms with Crippen LogP contribution in [-0.2, 0) is 11.3 Å². The molecule has 3 nitrogen and oxygen atoms in total. The van der Waals surface area contributed by atoms with Crippen LogP contribution in [0.2, 0.25) is 0 Å². The number of carbonyl (C=O) groups excluding carboxylic acids is 1. The topological polar surface area (TPSA) is 23.6 Å². The SMILES string of the molecule is CC(C)C(=O)N1CCC[C@@]2(CCCN2Cc2ccc(-c3ccccc3)cc2)C1. The summed E-state index contributed by atoms with van der Waals surface area (Å²) < 4.78 is 0. The van der Waals surface area contributed by atoms with Gasteiger partial charge in [0, 0.05) is 31.1 Å². The Labute approximate surface area is 169 Å². The average molecular weight is 377 g/mol. The number of rotatable bonds is 4. The fraction of sp³-hybridized carbons (Fsp3) is 0.480. The highest BCUT2D eigenvalue weighted by atomic mass is 16.2. The lowest BCUT2D eigenvalue weighted by atomic mass is 9.85. The molecule has 148 valence electrons. The standard InChI is InChI=1S/C25H32N2O/c1-20(2)24(28)26-16-6-14-25(19-26)15-7-17-27(25)18-21-10-12-23(13-11-21)22-8-4-3-5-9-22/h3-5,8-13,20H,6-7,14-19H2,1-2H3/t25-/m1/s1. The zero-order chi connectivity index (χ0) is 19.6. The Morgan fingerprint density at radius 1 is 0.929 bits per heavy atom. The van der Waals surface area contributed by atoms with Gasteiger partial charge in [-0.1, -0.05) is 68.4 Å². The Morgan fingerprint density at radius 2 is 1.57 bits per heavy atom. The number of piperidine rings is 1. The van der Waals surface area contributed by atoms with Crippen LogP contribution in [0.4, 0.5) is 0 Å². The molecule has 1 atom stereocenters. The summed E-state index contributed by atoms with van der Waals surface area (Å²) in [4.78, 5) is 17.4. The minimum atomic E-state index is 0.0931. The van der Waals surface area contributed by atoms with E-state index in [1.54, 1.807) is 0 Å². The molecule has 4 rings (SSSR count). The second-order valence-corrected chi connectivity index (χ2v) is 8.83. The second kappa shape index (κ2) is 8.08. The molecule has 1 amide bonds. The van der Waals surface area contributed by atoms with Crippen molar-refractivity contribution in [2.75, 3.05) is 19.6 Å². The molecule has 0 aliphatic carbocycles. The molecule has 2 heterocycles.